The number of halogens is 1. The molecule has 0 spiro atoms. The lowest BCUT2D eigenvalue weighted by Crippen LogP contribution is -2.43. The fraction of sp³-hybridized carbons (Fsp3) is 0.562. The molecule has 0 aliphatic carbocycles. The molecule has 0 aliphatic heterocycles. The summed E-state index contributed by atoms with van der Waals surface area (Å²) in [6.45, 7) is 6.25. The Bertz CT molecular complexity index is 448. The molecule has 1 unspecified atom stereocenters. The number of nitrogens with two attached hydrogens (primary N) is 1. The van der Waals surface area contributed by atoms with Crippen molar-refractivity contribution in [2.45, 2.75) is 33.6 Å². The monoisotopic (exact) mass is 281 g/mol. The molecule has 1 rings (SSSR count). The van der Waals surface area contributed by atoms with Gasteiger partial charge in [0.05, 0.1) is 12.0 Å². The number of hydrogen-bond donors (Lipinski definition) is 1. The highest BCUT2D eigenvalue weighted by molar-refractivity contribution is 5.77. The smallest absolute Gasteiger partial charge is 0.313 e. The Labute approximate surface area is 120 Å². The third-order valence-corrected chi connectivity index (χ3v) is 3.38. The van der Waals surface area contributed by atoms with Crippen molar-refractivity contribution in [1.29, 1.82) is 0 Å². The summed E-state index contributed by atoms with van der Waals surface area (Å²) in [5.74, 6) is -0.368. The van der Waals surface area contributed by atoms with E-state index in [9.17, 15) is 9.18 Å². The van der Waals surface area contributed by atoms with Gasteiger partial charge in [0, 0.05) is 6.54 Å². The predicted molar refractivity (Wildman–Crippen MR) is 77.7 cm³/mol. The Hall–Kier alpha value is -1.42. The number of esters is 1. The first kappa shape index (κ1) is 16.6. The van der Waals surface area contributed by atoms with Gasteiger partial charge in [-0.05, 0) is 37.3 Å². The Balaban J connectivity index is 3.09. The van der Waals surface area contributed by atoms with Crippen LogP contribution in [-0.4, -0.2) is 19.1 Å². The number of hydrogen-bond acceptors (Lipinski definition) is 3. The second kappa shape index (κ2) is 7.39. The van der Waals surface area contributed by atoms with E-state index in [1.165, 1.54) is 6.07 Å². The molecule has 0 heterocycles. The van der Waals surface area contributed by atoms with Crippen LogP contribution in [0.1, 0.15) is 32.8 Å². The lowest BCUT2D eigenvalue weighted by atomic mass is 9.75. The van der Waals surface area contributed by atoms with Crippen LogP contribution >= 0.6 is 0 Å². The van der Waals surface area contributed by atoms with Crippen molar-refractivity contribution in [3.05, 3.63) is 35.6 Å². The van der Waals surface area contributed by atoms with Crippen LogP contribution in [0.3, 0.4) is 0 Å². The average Bonchev–Trinajstić information content (AvgIpc) is 2.40. The van der Waals surface area contributed by atoms with Crippen LogP contribution in [0, 0.1) is 17.2 Å². The molecular weight excluding hydrogens is 257 g/mol. The first-order chi connectivity index (χ1) is 9.45. The molecule has 0 fully saturated rings. The van der Waals surface area contributed by atoms with Gasteiger partial charge in [0.25, 0.3) is 0 Å². The molecule has 2 N–H and O–H groups in total. The van der Waals surface area contributed by atoms with Gasteiger partial charge in [-0.25, -0.2) is 4.39 Å². The van der Waals surface area contributed by atoms with Crippen molar-refractivity contribution < 1.29 is 13.9 Å². The van der Waals surface area contributed by atoms with Crippen LogP contribution in [0.4, 0.5) is 4.39 Å². The van der Waals surface area contributed by atoms with Crippen LogP contribution < -0.4 is 5.73 Å². The van der Waals surface area contributed by atoms with Gasteiger partial charge in [-0.15, -0.1) is 0 Å². The number of carbonyl (C=O) groups is 1. The number of ether oxygens (including phenoxy) is 1. The fourth-order valence-electron chi connectivity index (χ4n) is 2.54. The van der Waals surface area contributed by atoms with Crippen LogP contribution in [0.2, 0.25) is 0 Å². The van der Waals surface area contributed by atoms with Crippen molar-refractivity contribution in [2.24, 2.45) is 17.1 Å². The minimum absolute atomic E-state index is 0.151. The van der Waals surface area contributed by atoms with Gasteiger partial charge in [-0.3, -0.25) is 4.79 Å². The molecule has 1 aromatic rings. The van der Waals surface area contributed by atoms with E-state index in [0.717, 1.165) is 0 Å². The minimum atomic E-state index is -0.855. The predicted octanol–water partition coefficient (Wildman–Crippen LogP) is 2.92. The SMILES string of the molecule is CCOC(=O)C(CN)(Cc1ccccc1F)CC(C)C. The molecule has 112 valence electrons. The summed E-state index contributed by atoms with van der Waals surface area (Å²) in [5, 5.41) is 0. The quantitative estimate of drug-likeness (QED) is 0.782. The van der Waals surface area contributed by atoms with Crippen LogP contribution in [0.15, 0.2) is 24.3 Å². The van der Waals surface area contributed by atoms with E-state index in [4.69, 9.17) is 10.5 Å². The Morgan fingerprint density at radius 3 is 2.55 bits per heavy atom. The van der Waals surface area contributed by atoms with E-state index in [1.807, 2.05) is 13.8 Å². The first-order valence-electron chi connectivity index (χ1n) is 7.06. The maximum atomic E-state index is 13.9. The molecule has 0 saturated carbocycles. The Morgan fingerprint density at radius 1 is 1.40 bits per heavy atom. The number of carbonyl (C=O) groups excluding carboxylic acids is 1. The maximum absolute atomic E-state index is 13.9. The summed E-state index contributed by atoms with van der Waals surface area (Å²) in [7, 11) is 0. The molecule has 1 aromatic carbocycles. The summed E-state index contributed by atoms with van der Waals surface area (Å²) in [5.41, 5.74) is 5.51. The van der Waals surface area contributed by atoms with E-state index in [0.29, 0.717) is 18.6 Å². The normalized spacial score (nSPS) is 14.1. The van der Waals surface area contributed by atoms with Crippen LogP contribution in [0.5, 0.6) is 0 Å². The standard InChI is InChI=1S/C16H24FNO2/c1-4-20-15(19)16(11-18,9-12(2)3)10-13-7-5-6-8-14(13)17/h5-8,12H,4,9-11,18H2,1-3H3. The molecule has 0 bridgehead atoms. The highest BCUT2D eigenvalue weighted by Crippen LogP contribution is 2.32. The second-order valence-electron chi connectivity index (χ2n) is 5.57. The molecule has 1 atom stereocenters. The lowest BCUT2D eigenvalue weighted by molar-refractivity contribution is -0.156. The largest absolute Gasteiger partial charge is 0.466 e. The summed E-state index contributed by atoms with van der Waals surface area (Å²) < 4.78 is 19.0. The van der Waals surface area contributed by atoms with Crippen molar-refractivity contribution in [2.75, 3.05) is 13.2 Å². The fourth-order valence-corrected chi connectivity index (χ4v) is 2.54. The molecule has 0 aromatic heterocycles. The maximum Gasteiger partial charge on any atom is 0.313 e. The van der Waals surface area contributed by atoms with Gasteiger partial charge < -0.3 is 10.5 Å². The van der Waals surface area contributed by atoms with Gasteiger partial charge in [-0.1, -0.05) is 32.0 Å². The van der Waals surface area contributed by atoms with Gasteiger partial charge in [-0.2, -0.15) is 0 Å². The third kappa shape index (κ3) is 4.04. The second-order valence-corrected chi connectivity index (χ2v) is 5.57. The summed E-state index contributed by atoms with van der Waals surface area (Å²) in [6, 6.07) is 6.49. The first-order valence-corrected chi connectivity index (χ1v) is 7.06. The van der Waals surface area contributed by atoms with Gasteiger partial charge in [0.2, 0.25) is 0 Å². The molecular formula is C16H24FNO2. The van der Waals surface area contributed by atoms with Crippen molar-refractivity contribution in [3.8, 4) is 0 Å². The Kier molecular flexibility index (Phi) is 6.14. The van der Waals surface area contributed by atoms with Crippen LogP contribution in [0.25, 0.3) is 0 Å². The van der Waals surface area contributed by atoms with Crippen molar-refractivity contribution in [1.82, 2.24) is 0 Å². The molecule has 4 heteroatoms. The topological polar surface area (TPSA) is 52.3 Å². The highest BCUT2D eigenvalue weighted by Gasteiger charge is 2.39. The zero-order chi connectivity index (χ0) is 15.2. The van der Waals surface area contributed by atoms with Gasteiger partial charge in [0.1, 0.15) is 5.82 Å². The van der Waals surface area contributed by atoms with Crippen LogP contribution in [-0.2, 0) is 16.0 Å². The molecule has 0 amide bonds. The number of benzene rings is 1. The zero-order valence-corrected chi connectivity index (χ0v) is 12.5. The molecule has 0 aliphatic rings. The van der Waals surface area contributed by atoms with E-state index >= 15 is 0 Å². The molecule has 3 nitrogen and oxygen atoms in total. The molecule has 20 heavy (non-hydrogen) atoms. The van der Waals surface area contributed by atoms with Gasteiger partial charge in [0.15, 0.2) is 0 Å². The third-order valence-electron chi connectivity index (χ3n) is 3.38. The summed E-state index contributed by atoms with van der Waals surface area (Å²) in [6.07, 6.45) is 0.851. The highest BCUT2D eigenvalue weighted by atomic mass is 19.1. The van der Waals surface area contributed by atoms with E-state index < -0.39 is 5.41 Å². The van der Waals surface area contributed by atoms with Gasteiger partial charge >= 0.3 is 5.97 Å². The van der Waals surface area contributed by atoms with Crippen molar-refractivity contribution in [3.63, 3.8) is 0 Å². The zero-order valence-electron chi connectivity index (χ0n) is 12.5. The van der Waals surface area contributed by atoms with E-state index in [1.54, 1.807) is 25.1 Å². The molecule has 0 radical (unpaired) electrons. The lowest BCUT2D eigenvalue weighted by Gasteiger charge is -2.32. The van der Waals surface area contributed by atoms with Crippen molar-refractivity contribution >= 4 is 5.97 Å². The average molecular weight is 281 g/mol. The summed E-state index contributed by atoms with van der Waals surface area (Å²) >= 11 is 0. The van der Waals surface area contributed by atoms with E-state index in [2.05, 4.69) is 0 Å². The number of rotatable bonds is 7. The Morgan fingerprint density at radius 2 is 2.05 bits per heavy atom. The molecule has 0 saturated heterocycles. The van der Waals surface area contributed by atoms with E-state index in [-0.39, 0.29) is 30.7 Å². The minimum Gasteiger partial charge on any atom is -0.466 e. The summed E-state index contributed by atoms with van der Waals surface area (Å²) in [4.78, 5) is 12.3.